The molecule has 0 radical (unpaired) electrons. The van der Waals surface area contributed by atoms with Crippen LogP contribution < -0.4 is 9.64 Å². The second-order valence-corrected chi connectivity index (χ2v) is 11.2. The van der Waals surface area contributed by atoms with E-state index in [1.807, 2.05) is 54.6 Å². The number of anilines is 1. The Labute approximate surface area is 259 Å². The number of pyridine rings is 1. The second kappa shape index (κ2) is 10.7. The molecule has 0 saturated heterocycles. The van der Waals surface area contributed by atoms with Crippen LogP contribution in [0, 0.1) is 18.1 Å². The minimum Gasteiger partial charge on any atom is -0.506 e. The van der Waals surface area contributed by atoms with Gasteiger partial charge in [0, 0.05) is 44.0 Å². The fraction of sp³-hybridized carbons (Fsp3) is 0.171. The van der Waals surface area contributed by atoms with Crippen LogP contribution in [0.3, 0.4) is 0 Å². The molecule has 0 amide bonds. The van der Waals surface area contributed by atoms with Crippen LogP contribution >= 0.6 is 0 Å². The molecular weight excluding hydrogens is 703 g/mol. The predicted octanol–water partition coefficient (Wildman–Crippen LogP) is 8.04. The minimum atomic E-state index is -0.0688. The third-order valence-electron chi connectivity index (χ3n) is 8.04. The van der Waals surface area contributed by atoms with Crippen molar-refractivity contribution in [3.8, 4) is 17.4 Å². The number of fused-ring (bicyclic) bond motifs is 4. The molecule has 0 spiro atoms. The SMILES string of the molecule is [C-]#[N+]c1ccc(N2C(c3[c-]c(Oc4ccc5cccc(O)c5n4)ccc3)=N[C@@H]3[C@H]2c2ccccc2CC3(C)C)cc1.[Pt]. The van der Waals surface area contributed by atoms with Gasteiger partial charge in [0.1, 0.15) is 11.3 Å². The van der Waals surface area contributed by atoms with E-state index in [4.69, 9.17) is 16.3 Å². The molecule has 4 aromatic carbocycles. The topological polar surface area (TPSA) is 62.3 Å². The number of aromatic hydroxyl groups is 1. The molecule has 1 aromatic heterocycles. The monoisotopic (exact) mass is 730 g/mol. The Morgan fingerprint density at radius 1 is 0.952 bits per heavy atom. The van der Waals surface area contributed by atoms with Crippen LogP contribution in [0.15, 0.2) is 102 Å². The smallest absolute Gasteiger partial charge is 0.217 e. The predicted molar refractivity (Wildman–Crippen MR) is 161 cm³/mol. The van der Waals surface area contributed by atoms with E-state index >= 15 is 0 Å². The summed E-state index contributed by atoms with van der Waals surface area (Å²) in [5, 5.41) is 11.1. The molecule has 2 atom stereocenters. The molecule has 7 heteroatoms. The van der Waals surface area contributed by atoms with Crippen LogP contribution in [0.1, 0.15) is 36.6 Å². The van der Waals surface area contributed by atoms with Gasteiger partial charge >= 0.3 is 0 Å². The fourth-order valence-corrected chi connectivity index (χ4v) is 6.12. The van der Waals surface area contributed by atoms with Gasteiger partial charge in [0.05, 0.1) is 24.5 Å². The van der Waals surface area contributed by atoms with Crippen molar-refractivity contribution in [3.63, 3.8) is 0 Å². The number of ether oxygens (including phenoxy) is 1. The van der Waals surface area contributed by atoms with Gasteiger partial charge in [0.15, 0.2) is 5.69 Å². The van der Waals surface area contributed by atoms with Crippen molar-refractivity contribution < 1.29 is 30.9 Å². The van der Waals surface area contributed by atoms with Crippen molar-refractivity contribution in [2.24, 2.45) is 10.4 Å². The molecule has 2 heterocycles. The summed E-state index contributed by atoms with van der Waals surface area (Å²) in [6, 6.07) is 34.6. The first-order chi connectivity index (χ1) is 19.9. The Balaban J connectivity index is 0.00000316. The maximum atomic E-state index is 10.3. The molecule has 0 unspecified atom stereocenters. The molecule has 1 aliphatic heterocycles. The van der Waals surface area contributed by atoms with E-state index in [0.29, 0.717) is 22.8 Å². The zero-order valence-corrected chi connectivity index (χ0v) is 25.3. The van der Waals surface area contributed by atoms with Gasteiger partial charge in [-0.1, -0.05) is 68.4 Å². The molecule has 7 rings (SSSR count). The minimum absolute atomic E-state index is 0. The molecule has 210 valence electrons. The first-order valence-corrected chi connectivity index (χ1v) is 13.6. The van der Waals surface area contributed by atoms with Gasteiger partial charge < -0.3 is 19.7 Å². The molecule has 5 aromatic rings. The summed E-state index contributed by atoms with van der Waals surface area (Å²) in [6.45, 7) is 12.0. The summed E-state index contributed by atoms with van der Waals surface area (Å²) in [5.74, 6) is 1.80. The Morgan fingerprint density at radius 2 is 1.74 bits per heavy atom. The second-order valence-electron chi connectivity index (χ2n) is 11.2. The van der Waals surface area contributed by atoms with E-state index in [1.165, 1.54) is 11.1 Å². The van der Waals surface area contributed by atoms with E-state index in [9.17, 15) is 5.11 Å². The summed E-state index contributed by atoms with van der Waals surface area (Å²) in [7, 11) is 0. The molecule has 2 aliphatic rings. The van der Waals surface area contributed by atoms with Crippen molar-refractivity contribution in [1.82, 2.24) is 4.98 Å². The fourth-order valence-electron chi connectivity index (χ4n) is 6.12. The molecule has 0 saturated carbocycles. The number of hydrogen-bond acceptors (Lipinski definition) is 5. The van der Waals surface area contributed by atoms with Crippen LogP contribution in [0.2, 0.25) is 0 Å². The van der Waals surface area contributed by atoms with E-state index in [0.717, 1.165) is 28.9 Å². The van der Waals surface area contributed by atoms with Crippen molar-refractivity contribution >= 4 is 28.1 Å². The molecule has 0 bridgehead atoms. The molecule has 1 aliphatic carbocycles. The molecule has 1 N–H and O–H groups in total. The largest absolute Gasteiger partial charge is 0.506 e. The van der Waals surface area contributed by atoms with Crippen molar-refractivity contribution in [2.45, 2.75) is 32.4 Å². The first kappa shape index (κ1) is 27.7. The Kier molecular flexibility index (Phi) is 7.08. The maximum Gasteiger partial charge on any atom is 0.217 e. The van der Waals surface area contributed by atoms with Crippen molar-refractivity contribution in [3.05, 3.63) is 131 Å². The standard InChI is InChI=1S/C35H27N4O2.Pt/c1-35(2)21-24-8-4-5-12-28(24)32-33(35)38-34(39(32)26-17-15-25(36-3)16-18-26)23-10-6-11-27(20-23)41-30-19-14-22-9-7-13-29(40)31(22)37-30;/h4-19,32-33,40H,21H2,1-2H3;/q-1;/t32-,33-;/m1./s1. The molecule has 6 nitrogen and oxygen atoms in total. The van der Waals surface area contributed by atoms with E-state index < -0.39 is 0 Å². The number of nitrogens with zero attached hydrogens (tertiary/aromatic N) is 4. The molecule has 42 heavy (non-hydrogen) atoms. The van der Waals surface area contributed by atoms with Gasteiger partial charge in [-0.3, -0.25) is 0 Å². The summed E-state index contributed by atoms with van der Waals surface area (Å²) in [5.41, 5.74) is 5.41. The van der Waals surface area contributed by atoms with Gasteiger partial charge in [-0.2, -0.15) is 0 Å². The summed E-state index contributed by atoms with van der Waals surface area (Å²) in [6.07, 6.45) is 0.943. The van der Waals surface area contributed by atoms with Gasteiger partial charge in [0.25, 0.3) is 0 Å². The van der Waals surface area contributed by atoms with E-state index in [2.05, 4.69) is 58.9 Å². The maximum absolute atomic E-state index is 10.3. The molecule has 0 fully saturated rings. The number of phenolic OH excluding ortho intramolecular Hbond substituents is 1. The van der Waals surface area contributed by atoms with Gasteiger partial charge in [-0.15, -0.1) is 23.8 Å². The summed E-state index contributed by atoms with van der Waals surface area (Å²) in [4.78, 5) is 15.8. The van der Waals surface area contributed by atoms with Crippen LogP contribution in [0.5, 0.6) is 17.4 Å². The number of para-hydroxylation sites is 1. The zero-order chi connectivity index (χ0) is 28.1. The number of phenols is 1. The normalized spacial score (nSPS) is 18.3. The van der Waals surface area contributed by atoms with Crippen LogP contribution in [-0.4, -0.2) is 22.0 Å². The average Bonchev–Trinajstić information content (AvgIpc) is 3.40. The Bertz CT molecular complexity index is 1880. The number of rotatable bonds is 4. The van der Waals surface area contributed by atoms with Crippen LogP contribution in [0.4, 0.5) is 11.4 Å². The number of aliphatic imine (C=N–C) groups is 1. The number of amidine groups is 1. The zero-order valence-electron chi connectivity index (χ0n) is 23.1. The van der Waals surface area contributed by atoms with Crippen LogP contribution in [-0.2, 0) is 27.5 Å². The number of hydrogen-bond donors (Lipinski definition) is 1. The van der Waals surface area contributed by atoms with Crippen molar-refractivity contribution in [1.29, 1.82) is 0 Å². The van der Waals surface area contributed by atoms with Gasteiger partial charge in [-0.25, -0.2) is 9.83 Å². The Hall–Kier alpha value is -4.46. The third-order valence-corrected chi connectivity index (χ3v) is 8.04. The number of benzene rings is 4. The van der Waals surface area contributed by atoms with Crippen molar-refractivity contribution in [2.75, 3.05) is 4.90 Å². The van der Waals surface area contributed by atoms with Gasteiger partial charge in [-0.05, 0) is 47.2 Å². The summed E-state index contributed by atoms with van der Waals surface area (Å²) >= 11 is 0. The van der Waals surface area contributed by atoms with Gasteiger partial charge in [0.2, 0.25) is 5.88 Å². The number of aromatic nitrogens is 1. The van der Waals surface area contributed by atoms with E-state index in [1.54, 1.807) is 18.2 Å². The van der Waals surface area contributed by atoms with Crippen LogP contribution in [0.25, 0.3) is 15.7 Å². The first-order valence-electron chi connectivity index (χ1n) is 13.6. The summed E-state index contributed by atoms with van der Waals surface area (Å²) < 4.78 is 6.14. The quantitative estimate of drug-likeness (QED) is 0.190. The third kappa shape index (κ3) is 4.74. The molecular formula is C35H27N4O2Pt-. The van der Waals surface area contributed by atoms with E-state index in [-0.39, 0.29) is 44.3 Å². The Morgan fingerprint density at radius 3 is 2.55 bits per heavy atom. The average molecular weight is 731 g/mol.